The smallest absolute Gasteiger partial charge is 0.295 e. The van der Waals surface area contributed by atoms with Crippen molar-refractivity contribution in [1.29, 1.82) is 0 Å². The zero-order chi connectivity index (χ0) is 13.1. The van der Waals surface area contributed by atoms with Crippen LogP contribution in [0.2, 0.25) is 0 Å². The van der Waals surface area contributed by atoms with Gasteiger partial charge in [0.15, 0.2) is 5.58 Å². The van der Waals surface area contributed by atoms with E-state index >= 15 is 0 Å². The summed E-state index contributed by atoms with van der Waals surface area (Å²) in [5, 5.41) is 3.08. The number of nitrogens with zero attached hydrogens (tertiary/aromatic N) is 2. The van der Waals surface area contributed by atoms with E-state index < -0.39 is 0 Å². The van der Waals surface area contributed by atoms with Gasteiger partial charge in [0.05, 0.1) is 0 Å². The zero-order valence-electron chi connectivity index (χ0n) is 10.8. The predicted octanol–water partition coefficient (Wildman–Crippen LogP) is 2.77. The minimum absolute atomic E-state index is 0.584. The number of nitrogens with one attached hydrogen (secondary N) is 2. The second kappa shape index (κ2) is 5.14. The fourth-order valence-electron chi connectivity index (χ4n) is 2.05. The Hall–Kier alpha value is -2.30. The number of H-pyrrole nitrogens is 1. The summed E-state index contributed by atoms with van der Waals surface area (Å²) in [6, 6.07) is 6.72. The van der Waals surface area contributed by atoms with Crippen LogP contribution in [0.1, 0.15) is 18.3 Å². The van der Waals surface area contributed by atoms with E-state index in [1.54, 1.807) is 6.20 Å². The third-order valence-corrected chi connectivity index (χ3v) is 2.99. The van der Waals surface area contributed by atoms with Gasteiger partial charge in [-0.25, -0.2) is 4.98 Å². The number of fused-ring (bicyclic) bond motifs is 1. The Bertz CT molecular complexity index is 657. The average molecular weight is 256 g/mol. The molecule has 0 aliphatic heterocycles. The Kier molecular flexibility index (Phi) is 3.18. The summed E-state index contributed by atoms with van der Waals surface area (Å²) in [5.74, 6) is 1.01. The largest absolute Gasteiger partial charge is 0.424 e. The summed E-state index contributed by atoms with van der Waals surface area (Å²) in [5.41, 5.74) is 2.94. The van der Waals surface area contributed by atoms with Gasteiger partial charge in [0.1, 0.15) is 11.3 Å². The van der Waals surface area contributed by atoms with Crippen molar-refractivity contribution in [1.82, 2.24) is 15.0 Å². The highest BCUT2D eigenvalue weighted by atomic mass is 16.4. The minimum atomic E-state index is 0.584. The van der Waals surface area contributed by atoms with Crippen LogP contribution < -0.4 is 5.32 Å². The van der Waals surface area contributed by atoms with Gasteiger partial charge >= 0.3 is 0 Å². The fraction of sp³-hybridized carbons (Fsp3) is 0.286. The number of aryl methyl sites for hydroxylation is 2. The summed E-state index contributed by atoms with van der Waals surface area (Å²) >= 11 is 0. The highest BCUT2D eigenvalue weighted by Crippen LogP contribution is 2.20. The SMILES string of the molecule is CCNc1nc2ccc(CCc3ncc[nH]3)cc2o1. The van der Waals surface area contributed by atoms with Gasteiger partial charge in [0.25, 0.3) is 6.01 Å². The van der Waals surface area contributed by atoms with Crippen LogP contribution in [-0.4, -0.2) is 21.5 Å². The van der Waals surface area contributed by atoms with E-state index in [0.717, 1.165) is 36.3 Å². The number of hydrogen-bond acceptors (Lipinski definition) is 4. The third kappa shape index (κ3) is 2.59. The molecule has 19 heavy (non-hydrogen) atoms. The molecule has 0 aliphatic rings. The average Bonchev–Trinajstić information content (AvgIpc) is 3.05. The van der Waals surface area contributed by atoms with Crippen molar-refractivity contribution < 1.29 is 4.42 Å². The molecule has 1 aromatic carbocycles. The van der Waals surface area contributed by atoms with E-state index in [2.05, 4.69) is 26.3 Å². The number of oxazole rings is 1. The number of hydrogen-bond donors (Lipinski definition) is 2. The van der Waals surface area contributed by atoms with Crippen LogP contribution in [0.25, 0.3) is 11.1 Å². The van der Waals surface area contributed by atoms with Crippen LogP contribution in [-0.2, 0) is 12.8 Å². The van der Waals surface area contributed by atoms with Crippen molar-refractivity contribution in [2.75, 3.05) is 11.9 Å². The van der Waals surface area contributed by atoms with Crippen LogP contribution >= 0.6 is 0 Å². The van der Waals surface area contributed by atoms with Crippen molar-refractivity contribution in [3.8, 4) is 0 Å². The lowest BCUT2D eigenvalue weighted by Crippen LogP contribution is -1.95. The third-order valence-electron chi connectivity index (χ3n) is 2.99. The first-order valence-electron chi connectivity index (χ1n) is 6.47. The van der Waals surface area contributed by atoms with Crippen LogP contribution in [0.15, 0.2) is 35.0 Å². The Labute approximate surface area is 111 Å². The highest BCUT2D eigenvalue weighted by Gasteiger charge is 2.06. The van der Waals surface area contributed by atoms with Crippen molar-refractivity contribution in [2.24, 2.45) is 0 Å². The summed E-state index contributed by atoms with van der Waals surface area (Å²) in [6.07, 6.45) is 5.45. The van der Waals surface area contributed by atoms with E-state index in [0.29, 0.717) is 6.01 Å². The zero-order valence-corrected chi connectivity index (χ0v) is 10.8. The van der Waals surface area contributed by atoms with Gasteiger partial charge in [-0.15, -0.1) is 0 Å². The van der Waals surface area contributed by atoms with Crippen LogP contribution in [0.4, 0.5) is 6.01 Å². The van der Waals surface area contributed by atoms with E-state index in [-0.39, 0.29) is 0 Å². The summed E-state index contributed by atoms with van der Waals surface area (Å²) in [6.45, 7) is 2.82. The molecule has 98 valence electrons. The molecule has 2 aromatic heterocycles. The number of benzene rings is 1. The summed E-state index contributed by atoms with van der Waals surface area (Å²) in [7, 11) is 0. The molecule has 3 rings (SSSR count). The maximum Gasteiger partial charge on any atom is 0.295 e. The maximum absolute atomic E-state index is 5.64. The number of anilines is 1. The predicted molar refractivity (Wildman–Crippen MR) is 74.2 cm³/mol. The van der Waals surface area contributed by atoms with Gasteiger partial charge in [-0.3, -0.25) is 0 Å². The first-order chi connectivity index (χ1) is 9.35. The van der Waals surface area contributed by atoms with Crippen LogP contribution in [0.3, 0.4) is 0 Å². The maximum atomic E-state index is 5.64. The lowest BCUT2D eigenvalue weighted by atomic mass is 10.1. The van der Waals surface area contributed by atoms with Gasteiger partial charge in [-0.1, -0.05) is 6.07 Å². The lowest BCUT2D eigenvalue weighted by molar-refractivity contribution is 0.616. The molecule has 0 atom stereocenters. The topological polar surface area (TPSA) is 66.7 Å². The van der Waals surface area contributed by atoms with Crippen LogP contribution in [0, 0.1) is 0 Å². The molecule has 0 spiro atoms. The normalized spacial score (nSPS) is 11.0. The van der Waals surface area contributed by atoms with E-state index in [1.807, 2.05) is 25.3 Å². The standard InChI is InChI=1S/C14H16N4O/c1-2-15-14-18-11-5-3-10(9-12(11)19-14)4-6-13-16-7-8-17-13/h3,5,7-9H,2,4,6H2,1H3,(H,15,18)(H,16,17). The molecule has 0 fully saturated rings. The number of rotatable bonds is 5. The molecule has 0 saturated heterocycles. The molecule has 2 N–H and O–H groups in total. The van der Waals surface area contributed by atoms with E-state index in [4.69, 9.17) is 4.42 Å². The summed E-state index contributed by atoms with van der Waals surface area (Å²) in [4.78, 5) is 11.7. The van der Waals surface area contributed by atoms with Gasteiger partial charge in [0, 0.05) is 25.4 Å². The van der Waals surface area contributed by atoms with Crippen molar-refractivity contribution in [3.63, 3.8) is 0 Å². The molecule has 0 amide bonds. The number of imidazole rings is 1. The fourth-order valence-corrected chi connectivity index (χ4v) is 2.05. The molecule has 0 bridgehead atoms. The number of aromatic amines is 1. The second-order valence-corrected chi connectivity index (χ2v) is 4.39. The minimum Gasteiger partial charge on any atom is -0.424 e. The molecule has 5 nitrogen and oxygen atoms in total. The molecular weight excluding hydrogens is 240 g/mol. The molecule has 2 heterocycles. The highest BCUT2D eigenvalue weighted by molar-refractivity contribution is 5.75. The molecule has 0 saturated carbocycles. The van der Waals surface area contributed by atoms with E-state index in [9.17, 15) is 0 Å². The van der Waals surface area contributed by atoms with Crippen LogP contribution in [0.5, 0.6) is 0 Å². The molecular formula is C14H16N4O. The Balaban J connectivity index is 1.77. The Morgan fingerprint density at radius 1 is 1.32 bits per heavy atom. The molecule has 3 aromatic rings. The lowest BCUT2D eigenvalue weighted by Gasteiger charge is -1.98. The Morgan fingerprint density at radius 3 is 3.05 bits per heavy atom. The number of aromatic nitrogens is 3. The molecule has 5 heteroatoms. The van der Waals surface area contributed by atoms with Crippen molar-refractivity contribution in [3.05, 3.63) is 42.0 Å². The summed E-state index contributed by atoms with van der Waals surface area (Å²) < 4.78 is 5.64. The van der Waals surface area contributed by atoms with Gasteiger partial charge in [0.2, 0.25) is 0 Å². The van der Waals surface area contributed by atoms with Gasteiger partial charge in [-0.2, -0.15) is 4.98 Å². The van der Waals surface area contributed by atoms with Crippen molar-refractivity contribution in [2.45, 2.75) is 19.8 Å². The second-order valence-electron chi connectivity index (χ2n) is 4.39. The molecule has 0 unspecified atom stereocenters. The van der Waals surface area contributed by atoms with Gasteiger partial charge < -0.3 is 14.7 Å². The van der Waals surface area contributed by atoms with Crippen molar-refractivity contribution >= 4 is 17.1 Å². The molecule has 0 radical (unpaired) electrons. The Morgan fingerprint density at radius 2 is 2.26 bits per heavy atom. The first-order valence-corrected chi connectivity index (χ1v) is 6.47. The first kappa shape index (κ1) is 11.8. The van der Waals surface area contributed by atoms with Gasteiger partial charge in [-0.05, 0) is 31.0 Å². The quantitative estimate of drug-likeness (QED) is 0.736. The van der Waals surface area contributed by atoms with E-state index in [1.165, 1.54) is 5.56 Å². The molecule has 0 aliphatic carbocycles. The monoisotopic (exact) mass is 256 g/mol.